The Hall–Kier alpha value is -2.38. The molecule has 0 saturated carbocycles. The van der Waals surface area contributed by atoms with Gasteiger partial charge in [0.25, 0.3) is 10.1 Å². The summed E-state index contributed by atoms with van der Waals surface area (Å²) >= 11 is 0. The molecule has 1 aliphatic heterocycles. The summed E-state index contributed by atoms with van der Waals surface area (Å²) in [5.74, 6) is 0. The second-order valence-electron chi connectivity index (χ2n) is 6.67. The van der Waals surface area contributed by atoms with Gasteiger partial charge >= 0.3 is 6.09 Å². The molecule has 0 N–H and O–H groups in total. The fraction of sp³-hybridized carbons (Fsp3) is 0.350. The molecule has 2 atom stereocenters. The Morgan fingerprint density at radius 3 is 2.74 bits per heavy atom. The van der Waals surface area contributed by atoms with E-state index in [1.54, 1.807) is 4.90 Å². The lowest BCUT2D eigenvalue weighted by Crippen LogP contribution is -2.37. The smallest absolute Gasteiger partial charge is 0.410 e. The molecule has 0 aromatic heterocycles. The van der Waals surface area contributed by atoms with Crippen molar-refractivity contribution in [2.45, 2.75) is 25.0 Å². The Labute approximate surface area is 159 Å². The third-order valence-electron chi connectivity index (χ3n) is 4.58. The van der Waals surface area contributed by atoms with Crippen molar-refractivity contribution in [2.24, 2.45) is 0 Å². The quantitative estimate of drug-likeness (QED) is 0.561. The highest BCUT2D eigenvalue weighted by Gasteiger charge is 2.38. The molecule has 1 fully saturated rings. The molecule has 0 radical (unpaired) electrons. The Morgan fingerprint density at radius 2 is 2.00 bits per heavy atom. The van der Waals surface area contributed by atoms with E-state index in [1.807, 2.05) is 42.5 Å². The van der Waals surface area contributed by atoms with Gasteiger partial charge in [0.05, 0.1) is 18.9 Å². The number of amides is 1. The van der Waals surface area contributed by atoms with E-state index in [4.69, 9.17) is 8.92 Å². The third-order valence-corrected chi connectivity index (χ3v) is 5.20. The van der Waals surface area contributed by atoms with E-state index in [0.717, 1.165) is 22.6 Å². The van der Waals surface area contributed by atoms with E-state index < -0.39 is 22.3 Å². The summed E-state index contributed by atoms with van der Waals surface area (Å²) in [6.07, 6.45) is 2.48. The van der Waals surface area contributed by atoms with Gasteiger partial charge in [-0.3, -0.25) is 4.18 Å². The van der Waals surface area contributed by atoms with E-state index in [9.17, 15) is 13.2 Å². The van der Waals surface area contributed by atoms with E-state index in [2.05, 4.69) is 6.58 Å². The molecule has 1 amide bonds. The van der Waals surface area contributed by atoms with Crippen LogP contribution >= 0.6 is 0 Å². The second kappa shape index (κ2) is 8.10. The zero-order chi connectivity index (χ0) is 19.4. The lowest BCUT2D eigenvalue weighted by atomic mass is 9.97. The number of benzene rings is 2. The first-order valence-corrected chi connectivity index (χ1v) is 10.6. The lowest BCUT2D eigenvalue weighted by molar-refractivity contribution is 0.104. The van der Waals surface area contributed by atoms with Crippen LogP contribution in [0.2, 0.25) is 0 Å². The molecule has 1 saturated heterocycles. The van der Waals surface area contributed by atoms with Gasteiger partial charge < -0.3 is 9.64 Å². The molecule has 0 spiro atoms. The molecule has 2 aromatic rings. The predicted octanol–water partition coefficient (Wildman–Crippen LogP) is 3.12. The van der Waals surface area contributed by atoms with Gasteiger partial charge in [-0.2, -0.15) is 8.42 Å². The highest BCUT2D eigenvalue weighted by molar-refractivity contribution is 7.86. The lowest BCUT2D eigenvalue weighted by Gasteiger charge is -2.24. The fourth-order valence-corrected chi connectivity index (χ4v) is 4.18. The summed E-state index contributed by atoms with van der Waals surface area (Å²) < 4.78 is 33.3. The Morgan fingerprint density at radius 1 is 1.26 bits per heavy atom. The third kappa shape index (κ3) is 4.87. The molecular formula is C20H23NO5S. The normalized spacial score (nSPS) is 20.0. The maximum absolute atomic E-state index is 12.4. The Bertz CT molecular complexity index is 935. The molecule has 1 heterocycles. The van der Waals surface area contributed by atoms with Gasteiger partial charge in [-0.05, 0) is 29.2 Å². The van der Waals surface area contributed by atoms with Crippen LogP contribution in [0.3, 0.4) is 0 Å². The number of rotatable bonds is 6. The van der Waals surface area contributed by atoms with Gasteiger partial charge in [0.2, 0.25) is 0 Å². The van der Waals surface area contributed by atoms with Crippen molar-refractivity contribution in [3.8, 4) is 0 Å². The molecule has 0 aliphatic carbocycles. The van der Waals surface area contributed by atoms with E-state index in [1.165, 1.54) is 6.08 Å². The SMILES string of the molecule is C=CCOC(=O)N1C[C@H](OS(C)(=O)=O)C[C@H]1Cc1cccc2ccccc12. The first-order valence-electron chi connectivity index (χ1n) is 8.76. The average Bonchev–Trinajstić information content (AvgIpc) is 3.00. The Kier molecular flexibility index (Phi) is 5.82. The zero-order valence-electron chi connectivity index (χ0n) is 15.2. The molecule has 0 bridgehead atoms. The van der Waals surface area contributed by atoms with Crippen molar-refractivity contribution in [1.82, 2.24) is 4.90 Å². The average molecular weight is 389 g/mol. The van der Waals surface area contributed by atoms with Crippen molar-refractivity contribution in [1.29, 1.82) is 0 Å². The number of ether oxygens (including phenoxy) is 1. The van der Waals surface area contributed by atoms with Crippen molar-refractivity contribution in [3.05, 3.63) is 60.7 Å². The van der Waals surface area contributed by atoms with Gasteiger partial charge in [-0.15, -0.1) is 0 Å². The number of nitrogens with zero attached hydrogens (tertiary/aromatic N) is 1. The summed E-state index contributed by atoms with van der Waals surface area (Å²) in [6.45, 7) is 3.83. The molecule has 6 nitrogen and oxygen atoms in total. The summed E-state index contributed by atoms with van der Waals surface area (Å²) in [5.41, 5.74) is 1.10. The minimum atomic E-state index is -3.60. The van der Waals surface area contributed by atoms with Gasteiger partial charge in [0, 0.05) is 6.04 Å². The van der Waals surface area contributed by atoms with E-state index in [-0.39, 0.29) is 19.2 Å². The molecule has 27 heavy (non-hydrogen) atoms. The maximum Gasteiger partial charge on any atom is 0.410 e. The first-order chi connectivity index (χ1) is 12.9. The summed E-state index contributed by atoms with van der Waals surface area (Å²) in [5, 5.41) is 2.24. The summed E-state index contributed by atoms with van der Waals surface area (Å²) in [6, 6.07) is 13.9. The van der Waals surface area contributed by atoms with Crippen LogP contribution in [0.1, 0.15) is 12.0 Å². The van der Waals surface area contributed by atoms with Crippen molar-refractivity contribution < 1.29 is 22.1 Å². The van der Waals surface area contributed by atoms with E-state index in [0.29, 0.717) is 12.8 Å². The summed E-state index contributed by atoms with van der Waals surface area (Å²) in [4.78, 5) is 14.0. The van der Waals surface area contributed by atoms with Gasteiger partial charge in [0.15, 0.2) is 0 Å². The number of carbonyl (C=O) groups excluding carboxylic acids is 1. The van der Waals surface area contributed by atoms with Crippen LogP contribution in [0.4, 0.5) is 4.79 Å². The predicted molar refractivity (Wildman–Crippen MR) is 104 cm³/mol. The van der Waals surface area contributed by atoms with Crippen LogP contribution in [0.25, 0.3) is 10.8 Å². The highest BCUT2D eigenvalue weighted by Crippen LogP contribution is 2.28. The first kappa shape index (κ1) is 19.4. The Balaban J connectivity index is 1.84. The topological polar surface area (TPSA) is 72.9 Å². The largest absolute Gasteiger partial charge is 0.445 e. The summed E-state index contributed by atoms with van der Waals surface area (Å²) in [7, 11) is -3.60. The minimum absolute atomic E-state index is 0.105. The monoisotopic (exact) mass is 389 g/mol. The second-order valence-corrected chi connectivity index (χ2v) is 8.27. The number of hydrogen-bond acceptors (Lipinski definition) is 5. The van der Waals surface area contributed by atoms with Crippen molar-refractivity contribution in [3.63, 3.8) is 0 Å². The van der Waals surface area contributed by atoms with Crippen LogP contribution in [0.15, 0.2) is 55.1 Å². The van der Waals surface area contributed by atoms with Gasteiger partial charge in [0.1, 0.15) is 6.61 Å². The number of likely N-dealkylation sites (tertiary alicyclic amines) is 1. The van der Waals surface area contributed by atoms with Crippen LogP contribution in [-0.2, 0) is 25.5 Å². The standard InChI is InChI=1S/C20H23NO5S/c1-3-11-25-20(22)21-14-18(26-27(2,23)24)13-17(21)12-16-9-6-8-15-7-4-5-10-19(15)16/h3-10,17-18H,1,11-14H2,2H3/t17-,18-/m1/s1. The molecule has 3 rings (SSSR count). The maximum atomic E-state index is 12.4. The number of hydrogen-bond donors (Lipinski definition) is 0. The molecular weight excluding hydrogens is 366 g/mol. The zero-order valence-corrected chi connectivity index (χ0v) is 16.0. The molecule has 7 heteroatoms. The minimum Gasteiger partial charge on any atom is -0.445 e. The van der Waals surface area contributed by atoms with Crippen molar-refractivity contribution in [2.75, 3.05) is 19.4 Å². The van der Waals surface area contributed by atoms with Crippen LogP contribution < -0.4 is 0 Å². The molecule has 0 unspecified atom stereocenters. The fourth-order valence-electron chi connectivity index (χ4n) is 3.55. The highest BCUT2D eigenvalue weighted by atomic mass is 32.2. The number of carbonyl (C=O) groups is 1. The van der Waals surface area contributed by atoms with Gasteiger partial charge in [-0.1, -0.05) is 55.1 Å². The molecule has 2 aromatic carbocycles. The van der Waals surface area contributed by atoms with Crippen molar-refractivity contribution >= 4 is 27.0 Å². The van der Waals surface area contributed by atoms with Crippen LogP contribution in [-0.4, -0.2) is 51.0 Å². The van der Waals surface area contributed by atoms with Crippen LogP contribution in [0, 0.1) is 0 Å². The van der Waals surface area contributed by atoms with Crippen LogP contribution in [0.5, 0.6) is 0 Å². The van der Waals surface area contributed by atoms with Gasteiger partial charge in [-0.25, -0.2) is 4.79 Å². The number of fused-ring (bicyclic) bond motifs is 1. The molecule has 144 valence electrons. The molecule has 1 aliphatic rings. The van der Waals surface area contributed by atoms with E-state index >= 15 is 0 Å².